The number of piperidine rings is 1. The summed E-state index contributed by atoms with van der Waals surface area (Å²) in [4.78, 5) is 15.2. The predicted octanol–water partition coefficient (Wildman–Crippen LogP) is 4.66. The molecule has 0 aliphatic carbocycles. The summed E-state index contributed by atoms with van der Waals surface area (Å²) in [7, 11) is 0. The fourth-order valence-electron chi connectivity index (χ4n) is 3.04. The van der Waals surface area contributed by atoms with Gasteiger partial charge in [-0.3, -0.25) is 4.79 Å². The first-order chi connectivity index (χ1) is 11.1. The number of Topliss-reactive ketones (excluding diaryl/α,β-unsaturated/α-hetero) is 1. The monoisotopic (exact) mass is 317 g/mol. The SMILES string of the molecule is CCCOc1ccc(C(C)C)cc1C(=O)CCN1CCCCC1. The molecule has 128 valence electrons. The summed E-state index contributed by atoms with van der Waals surface area (Å²) in [5.74, 6) is 1.38. The predicted molar refractivity (Wildman–Crippen MR) is 95.6 cm³/mol. The minimum atomic E-state index is 0.212. The van der Waals surface area contributed by atoms with Crippen LogP contribution in [0.3, 0.4) is 0 Å². The summed E-state index contributed by atoms with van der Waals surface area (Å²) in [5, 5.41) is 0. The van der Waals surface area contributed by atoms with Crippen molar-refractivity contribution in [2.24, 2.45) is 0 Å². The molecule has 1 aromatic rings. The summed E-state index contributed by atoms with van der Waals surface area (Å²) < 4.78 is 5.80. The molecule has 0 saturated carbocycles. The number of benzene rings is 1. The van der Waals surface area contributed by atoms with Crippen LogP contribution < -0.4 is 4.74 Å². The number of hydrogen-bond donors (Lipinski definition) is 0. The molecule has 23 heavy (non-hydrogen) atoms. The maximum Gasteiger partial charge on any atom is 0.167 e. The average molecular weight is 317 g/mol. The number of nitrogens with zero attached hydrogens (tertiary/aromatic N) is 1. The van der Waals surface area contributed by atoms with Crippen LogP contribution in [0.2, 0.25) is 0 Å². The second-order valence-electron chi connectivity index (χ2n) is 6.83. The number of carbonyl (C=O) groups excluding carboxylic acids is 1. The highest BCUT2D eigenvalue weighted by atomic mass is 16.5. The van der Waals surface area contributed by atoms with Gasteiger partial charge in [0.15, 0.2) is 5.78 Å². The van der Waals surface area contributed by atoms with Gasteiger partial charge < -0.3 is 9.64 Å². The van der Waals surface area contributed by atoms with E-state index in [4.69, 9.17) is 4.74 Å². The Morgan fingerprint density at radius 3 is 2.61 bits per heavy atom. The van der Waals surface area contributed by atoms with Crippen molar-refractivity contribution in [3.8, 4) is 5.75 Å². The van der Waals surface area contributed by atoms with Crippen LogP contribution in [0.5, 0.6) is 5.75 Å². The molecule has 0 bridgehead atoms. The normalized spacial score (nSPS) is 15.8. The van der Waals surface area contributed by atoms with E-state index in [0.717, 1.165) is 37.4 Å². The van der Waals surface area contributed by atoms with Crippen molar-refractivity contribution in [2.75, 3.05) is 26.2 Å². The summed E-state index contributed by atoms with van der Waals surface area (Å²) in [5.41, 5.74) is 1.97. The highest BCUT2D eigenvalue weighted by molar-refractivity contribution is 5.99. The Morgan fingerprint density at radius 1 is 1.22 bits per heavy atom. The topological polar surface area (TPSA) is 29.5 Å². The number of ether oxygens (including phenoxy) is 1. The molecule has 1 aliphatic rings. The number of carbonyl (C=O) groups is 1. The Kier molecular flexibility index (Phi) is 7.10. The fourth-order valence-corrected chi connectivity index (χ4v) is 3.04. The average Bonchev–Trinajstić information content (AvgIpc) is 2.58. The van der Waals surface area contributed by atoms with E-state index < -0.39 is 0 Å². The molecule has 1 saturated heterocycles. The molecule has 0 radical (unpaired) electrons. The molecule has 0 amide bonds. The van der Waals surface area contributed by atoms with Crippen molar-refractivity contribution in [3.05, 3.63) is 29.3 Å². The lowest BCUT2D eigenvalue weighted by molar-refractivity contribution is 0.0954. The molecule has 3 nitrogen and oxygen atoms in total. The standard InChI is InChI=1S/C20H31NO2/c1-4-14-23-20-9-8-17(16(2)3)15-18(20)19(22)10-13-21-11-6-5-7-12-21/h8-9,15-16H,4-7,10-14H2,1-3H3. The minimum Gasteiger partial charge on any atom is -0.493 e. The molecular formula is C20H31NO2. The lowest BCUT2D eigenvalue weighted by atomic mass is 9.97. The van der Waals surface area contributed by atoms with E-state index in [1.54, 1.807) is 0 Å². The second kappa shape index (κ2) is 9.07. The smallest absolute Gasteiger partial charge is 0.167 e. The molecule has 0 atom stereocenters. The van der Waals surface area contributed by atoms with Gasteiger partial charge in [-0.05, 0) is 56.0 Å². The zero-order valence-corrected chi connectivity index (χ0v) is 14.9. The van der Waals surface area contributed by atoms with E-state index in [2.05, 4.69) is 31.7 Å². The van der Waals surface area contributed by atoms with Crippen LogP contribution in [0.15, 0.2) is 18.2 Å². The Morgan fingerprint density at radius 2 is 1.96 bits per heavy atom. The van der Waals surface area contributed by atoms with E-state index in [0.29, 0.717) is 18.9 Å². The molecule has 1 heterocycles. The van der Waals surface area contributed by atoms with Crippen LogP contribution in [-0.4, -0.2) is 36.9 Å². The number of hydrogen-bond acceptors (Lipinski definition) is 3. The molecule has 3 heteroatoms. The van der Waals surface area contributed by atoms with E-state index in [1.165, 1.54) is 24.8 Å². The Hall–Kier alpha value is -1.35. The van der Waals surface area contributed by atoms with Gasteiger partial charge in [0, 0.05) is 13.0 Å². The highest BCUT2D eigenvalue weighted by Crippen LogP contribution is 2.26. The van der Waals surface area contributed by atoms with E-state index in [1.807, 2.05) is 12.1 Å². The summed E-state index contributed by atoms with van der Waals surface area (Å²) in [6, 6.07) is 6.09. The molecule has 1 aliphatic heterocycles. The van der Waals surface area contributed by atoms with Gasteiger partial charge in [0.1, 0.15) is 5.75 Å². The minimum absolute atomic E-state index is 0.212. The third-order valence-electron chi connectivity index (χ3n) is 4.54. The van der Waals surface area contributed by atoms with Crippen LogP contribution in [-0.2, 0) is 0 Å². The van der Waals surface area contributed by atoms with Gasteiger partial charge in [-0.15, -0.1) is 0 Å². The first-order valence-electron chi connectivity index (χ1n) is 9.14. The van der Waals surface area contributed by atoms with Crippen molar-refractivity contribution in [2.45, 2.75) is 58.8 Å². The van der Waals surface area contributed by atoms with Crippen molar-refractivity contribution in [1.29, 1.82) is 0 Å². The molecule has 0 aromatic heterocycles. The van der Waals surface area contributed by atoms with Gasteiger partial charge in [-0.2, -0.15) is 0 Å². The van der Waals surface area contributed by atoms with Gasteiger partial charge >= 0.3 is 0 Å². The quantitative estimate of drug-likeness (QED) is 0.653. The Bertz CT molecular complexity index is 504. The van der Waals surface area contributed by atoms with Gasteiger partial charge in [-0.25, -0.2) is 0 Å². The molecular weight excluding hydrogens is 286 g/mol. The maximum absolute atomic E-state index is 12.7. The van der Waals surface area contributed by atoms with Gasteiger partial charge in [0.2, 0.25) is 0 Å². The molecule has 1 fully saturated rings. The highest BCUT2D eigenvalue weighted by Gasteiger charge is 2.17. The maximum atomic E-state index is 12.7. The van der Waals surface area contributed by atoms with E-state index in [9.17, 15) is 4.79 Å². The Labute approximate surface area is 141 Å². The summed E-state index contributed by atoms with van der Waals surface area (Å²) >= 11 is 0. The van der Waals surface area contributed by atoms with Gasteiger partial charge in [0.05, 0.1) is 12.2 Å². The lowest BCUT2D eigenvalue weighted by Crippen LogP contribution is -2.31. The third-order valence-corrected chi connectivity index (χ3v) is 4.54. The van der Waals surface area contributed by atoms with Crippen molar-refractivity contribution >= 4 is 5.78 Å². The first kappa shape index (κ1) is 18.0. The van der Waals surface area contributed by atoms with Crippen LogP contribution >= 0.6 is 0 Å². The number of likely N-dealkylation sites (tertiary alicyclic amines) is 1. The van der Waals surface area contributed by atoms with E-state index >= 15 is 0 Å². The second-order valence-corrected chi connectivity index (χ2v) is 6.83. The molecule has 1 aromatic carbocycles. The van der Waals surface area contributed by atoms with Crippen molar-refractivity contribution in [3.63, 3.8) is 0 Å². The van der Waals surface area contributed by atoms with Crippen LogP contribution in [0, 0.1) is 0 Å². The molecule has 2 rings (SSSR count). The number of rotatable bonds is 8. The van der Waals surface area contributed by atoms with Crippen LogP contribution in [0.1, 0.15) is 74.7 Å². The lowest BCUT2D eigenvalue weighted by Gasteiger charge is -2.26. The number of ketones is 1. The van der Waals surface area contributed by atoms with Crippen molar-refractivity contribution in [1.82, 2.24) is 4.90 Å². The molecule has 0 N–H and O–H groups in total. The summed E-state index contributed by atoms with van der Waals surface area (Å²) in [6.07, 6.45) is 5.40. The zero-order chi connectivity index (χ0) is 16.7. The largest absolute Gasteiger partial charge is 0.493 e. The molecule has 0 unspecified atom stereocenters. The fraction of sp³-hybridized carbons (Fsp3) is 0.650. The van der Waals surface area contributed by atoms with Gasteiger partial charge in [0.25, 0.3) is 0 Å². The third kappa shape index (κ3) is 5.35. The Balaban J connectivity index is 2.06. The zero-order valence-electron chi connectivity index (χ0n) is 14.9. The van der Waals surface area contributed by atoms with Crippen molar-refractivity contribution < 1.29 is 9.53 Å². The first-order valence-corrected chi connectivity index (χ1v) is 9.14. The molecule has 0 spiro atoms. The summed E-state index contributed by atoms with van der Waals surface area (Å²) in [6.45, 7) is 10.2. The van der Waals surface area contributed by atoms with E-state index in [-0.39, 0.29) is 5.78 Å². The van der Waals surface area contributed by atoms with Gasteiger partial charge in [-0.1, -0.05) is 33.3 Å². The van der Waals surface area contributed by atoms with Crippen LogP contribution in [0.25, 0.3) is 0 Å². The van der Waals surface area contributed by atoms with Crippen LogP contribution in [0.4, 0.5) is 0 Å².